The molecule has 0 atom stereocenters. The van der Waals surface area contributed by atoms with Gasteiger partial charge in [0.1, 0.15) is 4.64 Å². The smallest absolute Gasteiger partial charge is 0.159 e. The van der Waals surface area contributed by atoms with E-state index < -0.39 is 0 Å². The van der Waals surface area contributed by atoms with Crippen LogP contribution in [0.1, 0.15) is 19.4 Å². The maximum Gasteiger partial charge on any atom is 0.159 e. The van der Waals surface area contributed by atoms with Crippen LogP contribution in [-0.2, 0) is 6.42 Å². The highest BCUT2D eigenvalue weighted by Crippen LogP contribution is 2.16. The standard InChI is InChI=1S/C13H17N3S/c1-4-10-9-11-7-6-8-14-12(11)16(13(10)17)15(3)5-2/h6-9H,4-5H2,1-3H3. The second-order valence-corrected chi connectivity index (χ2v) is 4.42. The lowest BCUT2D eigenvalue weighted by Crippen LogP contribution is -2.31. The van der Waals surface area contributed by atoms with E-state index in [9.17, 15) is 0 Å². The molecule has 0 unspecified atom stereocenters. The van der Waals surface area contributed by atoms with Gasteiger partial charge in [0.15, 0.2) is 5.65 Å². The summed E-state index contributed by atoms with van der Waals surface area (Å²) in [5.41, 5.74) is 2.12. The van der Waals surface area contributed by atoms with Crippen LogP contribution in [0.25, 0.3) is 11.0 Å². The van der Waals surface area contributed by atoms with Crippen molar-refractivity contribution in [1.82, 2.24) is 9.66 Å². The van der Waals surface area contributed by atoms with Gasteiger partial charge in [0.05, 0.1) is 0 Å². The van der Waals surface area contributed by atoms with Gasteiger partial charge in [-0.1, -0.05) is 19.1 Å². The van der Waals surface area contributed by atoms with Crippen molar-refractivity contribution >= 4 is 23.3 Å². The van der Waals surface area contributed by atoms with E-state index in [0.29, 0.717) is 0 Å². The van der Waals surface area contributed by atoms with E-state index in [1.807, 2.05) is 24.0 Å². The van der Waals surface area contributed by atoms with Gasteiger partial charge in [0.25, 0.3) is 0 Å². The van der Waals surface area contributed by atoms with Gasteiger partial charge in [-0.25, -0.2) is 9.66 Å². The molecule has 0 aliphatic heterocycles. The first-order chi connectivity index (χ1) is 8.19. The first kappa shape index (κ1) is 12.0. The van der Waals surface area contributed by atoms with Crippen molar-refractivity contribution in [3.05, 3.63) is 34.6 Å². The van der Waals surface area contributed by atoms with Crippen LogP contribution in [0.2, 0.25) is 0 Å². The van der Waals surface area contributed by atoms with Crippen LogP contribution in [0.5, 0.6) is 0 Å². The van der Waals surface area contributed by atoms with Crippen molar-refractivity contribution in [2.24, 2.45) is 0 Å². The molecule has 0 amide bonds. The van der Waals surface area contributed by atoms with Crippen LogP contribution >= 0.6 is 12.2 Å². The summed E-state index contributed by atoms with van der Waals surface area (Å²) in [5, 5.41) is 3.23. The summed E-state index contributed by atoms with van der Waals surface area (Å²) >= 11 is 5.54. The molecule has 0 aliphatic rings. The maximum atomic E-state index is 5.54. The van der Waals surface area contributed by atoms with Crippen molar-refractivity contribution in [2.75, 3.05) is 18.6 Å². The third-order valence-electron chi connectivity index (χ3n) is 2.99. The molecule has 2 heterocycles. The summed E-state index contributed by atoms with van der Waals surface area (Å²) in [4.78, 5) is 4.44. The van der Waals surface area contributed by atoms with Gasteiger partial charge in [0.2, 0.25) is 0 Å². The largest absolute Gasteiger partial charge is 0.313 e. The van der Waals surface area contributed by atoms with E-state index in [4.69, 9.17) is 12.2 Å². The second kappa shape index (κ2) is 4.84. The summed E-state index contributed by atoms with van der Waals surface area (Å²) in [6, 6.07) is 6.18. The van der Waals surface area contributed by atoms with E-state index in [-0.39, 0.29) is 0 Å². The Kier molecular flexibility index (Phi) is 3.43. The quantitative estimate of drug-likeness (QED) is 0.778. The number of aromatic nitrogens is 2. The fourth-order valence-corrected chi connectivity index (χ4v) is 2.32. The van der Waals surface area contributed by atoms with Crippen LogP contribution in [0.4, 0.5) is 0 Å². The Morgan fingerprint density at radius 3 is 2.82 bits per heavy atom. The number of hydrogen-bond donors (Lipinski definition) is 0. The highest BCUT2D eigenvalue weighted by molar-refractivity contribution is 7.71. The van der Waals surface area contributed by atoms with Gasteiger partial charge in [-0.3, -0.25) is 0 Å². The summed E-state index contributed by atoms with van der Waals surface area (Å²) in [6.07, 6.45) is 2.75. The second-order valence-electron chi connectivity index (χ2n) is 4.03. The molecule has 0 saturated heterocycles. The van der Waals surface area contributed by atoms with Crippen molar-refractivity contribution in [2.45, 2.75) is 20.3 Å². The van der Waals surface area contributed by atoms with Crippen LogP contribution in [0.15, 0.2) is 24.4 Å². The van der Waals surface area contributed by atoms with Crippen LogP contribution in [0, 0.1) is 4.64 Å². The minimum absolute atomic E-state index is 0.864. The average Bonchev–Trinajstić information content (AvgIpc) is 2.37. The predicted octanol–water partition coefficient (Wildman–Crippen LogP) is 2.92. The molecule has 0 saturated carbocycles. The highest BCUT2D eigenvalue weighted by atomic mass is 32.1. The molecular formula is C13H17N3S. The summed E-state index contributed by atoms with van der Waals surface area (Å²) in [7, 11) is 2.03. The van der Waals surface area contributed by atoms with E-state index in [0.717, 1.165) is 28.6 Å². The monoisotopic (exact) mass is 247 g/mol. The first-order valence-electron chi connectivity index (χ1n) is 5.90. The number of nitrogens with zero attached hydrogens (tertiary/aromatic N) is 3. The number of pyridine rings is 2. The Bertz CT molecular complexity index is 589. The molecule has 0 bridgehead atoms. The molecule has 0 fully saturated rings. The third kappa shape index (κ3) is 2.05. The molecule has 4 heteroatoms. The fraction of sp³-hybridized carbons (Fsp3) is 0.385. The van der Waals surface area contributed by atoms with Crippen molar-refractivity contribution in [3.63, 3.8) is 0 Å². The molecule has 2 aromatic heterocycles. The topological polar surface area (TPSA) is 21.1 Å². The Balaban J connectivity index is 2.85. The summed E-state index contributed by atoms with van der Waals surface area (Å²) < 4.78 is 2.90. The molecule has 0 N–H and O–H groups in total. The average molecular weight is 247 g/mol. The van der Waals surface area contributed by atoms with Gasteiger partial charge >= 0.3 is 0 Å². The van der Waals surface area contributed by atoms with Crippen molar-refractivity contribution < 1.29 is 0 Å². The lowest BCUT2D eigenvalue weighted by molar-refractivity contribution is 0.672. The van der Waals surface area contributed by atoms with Crippen LogP contribution in [-0.4, -0.2) is 23.3 Å². The van der Waals surface area contributed by atoms with E-state index in [2.05, 4.69) is 36.0 Å². The Hall–Kier alpha value is -1.42. The summed E-state index contributed by atoms with van der Waals surface area (Å²) in [5.74, 6) is 0. The van der Waals surface area contributed by atoms with Gasteiger partial charge < -0.3 is 5.01 Å². The first-order valence-corrected chi connectivity index (χ1v) is 6.31. The number of hydrogen-bond acceptors (Lipinski definition) is 3. The van der Waals surface area contributed by atoms with E-state index in [1.54, 1.807) is 0 Å². The highest BCUT2D eigenvalue weighted by Gasteiger charge is 2.08. The minimum Gasteiger partial charge on any atom is -0.313 e. The lowest BCUT2D eigenvalue weighted by atomic mass is 10.2. The maximum absolute atomic E-state index is 5.54. The predicted molar refractivity (Wildman–Crippen MR) is 74.6 cm³/mol. The third-order valence-corrected chi connectivity index (χ3v) is 3.43. The zero-order valence-electron chi connectivity index (χ0n) is 10.5. The number of aryl methyl sites for hydroxylation is 1. The number of fused-ring (bicyclic) bond motifs is 1. The molecule has 0 aromatic carbocycles. The Labute approximate surface area is 107 Å². The fourth-order valence-electron chi connectivity index (χ4n) is 1.89. The van der Waals surface area contributed by atoms with E-state index in [1.165, 1.54) is 5.56 Å². The molecule has 17 heavy (non-hydrogen) atoms. The zero-order chi connectivity index (χ0) is 12.4. The Morgan fingerprint density at radius 2 is 2.18 bits per heavy atom. The molecule has 0 aliphatic carbocycles. The van der Waals surface area contributed by atoms with Crippen molar-refractivity contribution in [3.8, 4) is 0 Å². The molecule has 2 aromatic rings. The molecule has 2 rings (SSSR count). The van der Waals surface area contributed by atoms with Gasteiger partial charge in [0, 0.05) is 25.2 Å². The van der Waals surface area contributed by atoms with Crippen LogP contribution in [0.3, 0.4) is 0 Å². The SMILES string of the molecule is CCc1cc2cccnc2n(N(C)CC)c1=S. The number of rotatable bonds is 3. The summed E-state index contributed by atoms with van der Waals surface area (Å²) in [6.45, 7) is 5.13. The minimum atomic E-state index is 0.864. The molecular weight excluding hydrogens is 230 g/mol. The van der Waals surface area contributed by atoms with Gasteiger partial charge in [-0.05, 0) is 37.1 Å². The molecule has 90 valence electrons. The van der Waals surface area contributed by atoms with Gasteiger partial charge in [-0.2, -0.15) is 0 Å². The van der Waals surface area contributed by atoms with Gasteiger partial charge in [-0.15, -0.1) is 0 Å². The molecule has 0 radical (unpaired) electrons. The van der Waals surface area contributed by atoms with E-state index >= 15 is 0 Å². The van der Waals surface area contributed by atoms with Crippen LogP contribution < -0.4 is 5.01 Å². The molecule has 0 spiro atoms. The lowest BCUT2D eigenvalue weighted by Gasteiger charge is -2.23. The Morgan fingerprint density at radius 1 is 1.41 bits per heavy atom. The van der Waals surface area contributed by atoms with Crippen molar-refractivity contribution in [1.29, 1.82) is 0 Å². The normalized spacial score (nSPS) is 10.8. The zero-order valence-corrected chi connectivity index (χ0v) is 11.3. The molecule has 3 nitrogen and oxygen atoms in total.